The molecule has 2 fully saturated rings. The van der Waals surface area contributed by atoms with Gasteiger partial charge in [-0.25, -0.2) is 13.2 Å². The maximum absolute atomic E-state index is 13.2. The molecule has 0 unspecified atom stereocenters. The van der Waals surface area contributed by atoms with Gasteiger partial charge in [0.2, 0.25) is 15.9 Å². The first-order valence-corrected chi connectivity index (χ1v) is 13.4. The number of hydrogen-bond donors (Lipinski definition) is 2. The van der Waals surface area contributed by atoms with E-state index in [1.165, 1.54) is 17.3 Å². The largest absolute Gasteiger partial charge is 0.454 e. The van der Waals surface area contributed by atoms with E-state index in [9.17, 15) is 22.8 Å². The first kappa shape index (κ1) is 26.2. The first-order chi connectivity index (χ1) is 16.1. The fraction of sp³-hybridized carbons (Fsp3) is 0.625. The van der Waals surface area contributed by atoms with E-state index in [1.807, 2.05) is 0 Å². The Balaban J connectivity index is 1.66. The fourth-order valence-corrected chi connectivity index (χ4v) is 6.48. The Kier molecular flexibility index (Phi) is 8.70. The molecule has 2 amide bonds. The van der Waals surface area contributed by atoms with Gasteiger partial charge in [-0.15, -0.1) is 0 Å². The molecule has 10 heteroatoms. The van der Waals surface area contributed by atoms with E-state index in [1.54, 1.807) is 19.1 Å². The number of anilines is 1. The van der Waals surface area contributed by atoms with Crippen LogP contribution in [0.1, 0.15) is 70.3 Å². The minimum absolute atomic E-state index is 0.163. The third-order valence-electron chi connectivity index (χ3n) is 6.50. The summed E-state index contributed by atoms with van der Waals surface area (Å²) in [5, 5.41) is 5.34. The van der Waals surface area contributed by atoms with Crippen LogP contribution in [0.4, 0.5) is 5.69 Å². The van der Waals surface area contributed by atoms with E-state index in [0.29, 0.717) is 37.2 Å². The number of amides is 2. The molecular formula is C24H35N3O6S. The van der Waals surface area contributed by atoms with Crippen molar-refractivity contribution in [1.29, 1.82) is 0 Å². The van der Waals surface area contributed by atoms with Gasteiger partial charge in [-0.05, 0) is 50.3 Å². The van der Waals surface area contributed by atoms with Gasteiger partial charge in [-0.3, -0.25) is 9.59 Å². The molecule has 0 atom stereocenters. The lowest BCUT2D eigenvalue weighted by Gasteiger charge is -2.35. The van der Waals surface area contributed by atoms with E-state index in [-0.39, 0.29) is 10.8 Å². The zero-order chi connectivity index (χ0) is 24.8. The van der Waals surface area contributed by atoms with Crippen LogP contribution >= 0.6 is 0 Å². The number of sulfonamides is 1. The van der Waals surface area contributed by atoms with Crippen molar-refractivity contribution in [1.82, 2.24) is 9.62 Å². The predicted molar refractivity (Wildman–Crippen MR) is 128 cm³/mol. The van der Waals surface area contributed by atoms with E-state index < -0.39 is 34.0 Å². The van der Waals surface area contributed by atoms with Gasteiger partial charge in [-0.2, -0.15) is 4.31 Å². The maximum Gasteiger partial charge on any atom is 0.332 e. The lowest BCUT2D eigenvalue weighted by atomic mass is 9.81. The van der Waals surface area contributed by atoms with Crippen molar-refractivity contribution >= 4 is 33.5 Å². The number of esters is 1. The van der Waals surface area contributed by atoms with E-state index >= 15 is 0 Å². The second-order valence-corrected chi connectivity index (χ2v) is 11.2. The zero-order valence-electron chi connectivity index (χ0n) is 20.0. The lowest BCUT2D eigenvalue weighted by molar-refractivity contribution is -0.157. The highest BCUT2D eigenvalue weighted by Crippen LogP contribution is 2.30. The van der Waals surface area contributed by atoms with Gasteiger partial charge < -0.3 is 15.4 Å². The summed E-state index contributed by atoms with van der Waals surface area (Å²) < 4.78 is 33.2. The number of hydrogen-bond acceptors (Lipinski definition) is 6. The lowest BCUT2D eigenvalue weighted by Crippen LogP contribution is -2.56. The predicted octanol–water partition coefficient (Wildman–Crippen LogP) is 2.88. The van der Waals surface area contributed by atoms with Crippen LogP contribution in [0, 0.1) is 6.92 Å². The average molecular weight is 494 g/mol. The van der Waals surface area contributed by atoms with Crippen molar-refractivity contribution in [2.75, 3.05) is 25.0 Å². The van der Waals surface area contributed by atoms with E-state index in [4.69, 9.17) is 4.74 Å². The molecule has 1 aliphatic carbocycles. The third-order valence-corrected chi connectivity index (χ3v) is 8.54. The van der Waals surface area contributed by atoms with Crippen LogP contribution < -0.4 is 10.6 Å². The Morgan fingerprint density at radius 1 is 1.00 bits per heavy atom. The molecule has 0 aromatic heterocycles. The smallest absolute Gasteiger partial charge is 0.332 e. The highest BCUT2D eigenvalue weighted by molar-refractivity contribution is 7.89. The third kappa shape index (κ3) is 6.35. The van der Waals surface area contributed by atoms with Gasteiger partial charge in [0.25, 0.3) is 5.91 Å². The van der Waals surface area contributed by atoms with E-state index in [0.717, 1.165) is 44.9 Å². The second kappa shape index (κ2) is 11.3. The topological polar surface area (TPSA) is 122 Å². The summed E-state index contributed by atoms with van der Waals surface area (Å²) in [6.45, 7) is 3.53. The van der Waals surface area contributed by atoms with Crippen LogP contribution in [0.15, 0.2) is 23.1 Å². The Morgan fingerprint density at radius 3 is 2.24 bits per heavy atom. The van der Waals surface area contributed by atoms with Gasteiger partial charge >= 0.3 is 5.97 Å². The Hall–Kier alpha value is -2.46. The van der Waals surface area contributed by atoms with Gasteiger partial charge in [0, 0.05) is 25.7 Å². The van der Waals surface area contributed by atoms with Crippen molar-refractivity contribution in [2.45, 2.75) is 82.1 Å². The number of ether oxygens (including phenoxy) is 1. The van der Waals surface area contributed by atoms with Gasteiger partial charge in [0.1, 0.15) is 5.54 Å². The van der Waals surface area contributed by atoms with Crippen LogP contribution in [-0.2, 0) is 29.1 Å². The molecule has 9 nitrogen and oxygen atoms in total. The molecule has 3 rings (SSSR count). The second-order valence-electron chi connectivity index (χ2n) is 9.25. The van der Waals surface area contributed by atoms with Crippen molar-refractivity contribution < 1.29 is 27.5 Å². The first-order valence-electron chi connectivity index (χ1n) is 12.0. The molecule has 188 valence electrons. The number of carbonyl (C=O) groups excluding carboxylic acids is 3. The van der Waals surface area contributed by atoms with Crippen LogP contribution in [0.2, 0.25) is 0 Å². The van der Waals surface area contributed by atoms with Crippen LogP contribution in [0.5, 0.6) is 0 Å². The highest BCUT2D eigenvalue weighted by Gasteiger charge is 2.42. The average Bonchev–Trinajstić information content (AvgIpc) is 3.09. The minimum atomic E-state index is -3.68. The molecule has 1 aromatic carbocycles. The van der Waals surface area contributed by atoms with Crippen molar-refractivity contribution in [2.24, 2.45) is 0 Å². The monoisotopic (exact) mass is 493 g/mol. The molecule has 34 heavy (non-hydrogen) atoms. The van der Waals surface area contributed by atoms with E-state index in [2.05, 4.69) is 10.6 Å². The summed E-state index contributed by atoms with van der Waals surface area (Å²) in [7, 11) is -3.68. The molecule has 1 saturated heterocycles. The summed E-state index contributed by atoms with van der Waals surface area (Å²) in [5.74, 6) is -1.52. The molecule has 0 spiro atoms. The molecule has 2 aliphatic rings. The Bertz CT molecular complexity index is 1010. The molecule has 2 N–H and O–H groups in total. The summed E-state index contributed by atoms with van der Waals surface area (Å²) in [6, 6.07) is 4.73. The number of nitrogens with zero attached hydrogens (tertiary/aromatic N) is 1. The number of rotatable bonds is 7. The number of benzene rings is 1. The van der Waals surface area contributed by atoms with Gasteiger partial charge in [-0.1, -0.05) is 38.2 Å². The zero-order valence-corrected chi connectivity index (χ0v) is 20.8. The van der Waals surface area contributed by atoms with Gasteiger partial charge in [0.15, 0.2) is 6.61 Å². The number of nitrogens with one attached hydrogen (secondary N) is 2. The molecular weight excluding hydrogens is 458 g/mol. The SMILES string of the molecule is CC(=O)NC1(C(=O)OCC(=O)Nc2ccc(C)c(S(=O)(=O)N3CCCCCC3)c2)CCCCC1. The molecule has 0 bridgehead atoms. The molecule has 1 aliphatic heterocycles. The molecule has 0 radical (unpaired) electrons. The van der Waals surface area contributed by atoms with Gasteiger partial charge in [0.05, 0.1) is 4.90 Å². The van der Waals surface area contributed by atoms with Crippen LogP contribution in [0.3, 0.4) is 0 Å². The van der Waals surface area contributed by atoms with Crippen molar-refractivity contribution in [3.63, 3.8) is 0 Å². The summed E-state index contributed by atoms with van der Waals surface area (Å²) in [5.41, 5.74) is -0.180. The normalized spacial score (nSPS) is 19.0. The molecule has 1 aromatic rings. The summed E-state index contributed by atoms with van der Waals surface area (Å²) in [4.78, 5) is 37.0. The fourth-order valence-electron chi connectivity index (χ4n) is 4.72. The van der Waals surface area contributed by atoms with Crippen molar-refractivity contribution in [3.8, 4) is 0 Å². The Morgan fingerprint density at radius 2 is 1.62 bits per heavy atom. The highest BCUT2D eigenvalue weighted by atomic mass is 32.2. The minimum Gasteiger partial charge on any atom is -0.454 e. The quantitative estimate of drug-likeness (QED) is 0.563. The standard InChI is InChI=1S/C24H35N3O6S/c1-18-10-11-20(16-21(18)34(31,32)27-14-8-3-4-9-15-27)25-22(29)17-33-23(30)24(26-19(2)28)12-6-5-7-13-24/h10-11,16H,3-9,12-15,17H2,1-2H3,(H,25,29)(H,26,28). The molecule has 1 heterocycles. The maximum atomic E-state index is 13.2. The number of aryl methyl sites for hydroxylation is 1. The van der Waals surface area contributed by atoms with Crippen molar-refractivity contribution in [3.05, 3.63) is 23.8 Å². The number of carbonyl (C=O) groups is 3. The van der Waals surface area contributed by atoms with Crippen LogP contribution in [0.25, 0.3) is 0 Å². The Labute approximate surface area is 201 Å². The van der Waals surface area contributed by atoms with Crippen LogP contribution in [-0.4, -0.2) is 55.7 Å². The summed E-state index contributed by atoms with van der Waals surface area (Å²) in [6.07, 6.45) is 7.21. The molecule has 1 saturated carbocycles. The summed E-state index contributed by atoms with van der Waals surface area (Å²) >= 11 is 0.